The van der Waals surface area contributed by atoms with Gasteiger partial charge in [-0.2, -0.15) is 0 Å². The summed E-state index contributed by atoms with van der Waals surface area (Å²) in [6.45, 7) is 3.09. The largest absolute Gasteiger partial charge is 0.311 e. The Labute approximate surface area is 181 Å². The van der Waals surface area contributed by atoms with Crippen LogP contribution in [0.5, 0.6) is 0 Å². The average molecular weight is 413 g/mol. The van der Waals surface area contributed by atoms with Crippen LogP contribution in [0.4, 0.5) is 0 Å². The van der Waals surface area contributed by atoms with Gasteiger partial charge in [-0.15, -0.1) is 21.5 Å². The summed E-state index contributed by atoms with van der Waals surface area (Å²) < 4.78 is 2.30. The summed E-state index contributed by atoms with van der Waals surface area (Å²) in [5, 5.41) is 12.3. The molecule has 2 aromatic carbocycles. The fraction of sp³-hybridized carbons (Fsp3) is 0.240. The van der Waals surface area contributed by atoms with Gasteiger partial charge in [-0.3, -0.25) is 0 Å². The fourth-order valence-corrected chi connectivity index (χ4v) is 4.81. The Kier molecular flexibility index (Phi) is 5.28. The van der Waals surface area contributed by atoms with Gasteiger partial charge in [0, 0.05) is 23.9 Å². The molecular formula is C25H24N4S. The second-order valence-electron chi connectivity index (χ2n) is 7.78. The molecule has 4 aromatic rings. The fourth-order valence-electron chi connectivity index (χ4n) is 3.97. The normalized spacial score (nSPS) is 14.4. The van der Waals surface area contributed by atoms with Crippen molar-refractivity contribution in [3.63, 3.8) is 0 Å². The zero-order valence-corrected chi connectivity index (χ0v) is 17.9. The van der Waals surface area contributed by atoms with E-state index in [1.165, 1.54) is 24.8 Å². The van der Waals surface area contributed by atoms with E-state index < -0.39 is 0 Å². The molecule has 3 heterocycles. The molecule has 0 amide bonds. The molecule has 4 nitrogen and oxygen atoms in total. The third-order valence-electron chi connectivity index (χ3n) is 5.51. The Morgan fingerprint density at radius 2 is 1.90 bits per heavy atom. The molecule has 150 valence electrons. The van der Waals surface area contributed by atoms with Crippen LogP contribution in [0.3, 0.4) is 0 Å². The molecule has 0 saturated heterocycles. The molecule has 0 fully saturated rings. The minimum Gasteiger partial charge on any atom is -0.311 e. The minimum atomic E-state index is 0.933. The quantitative estimate of drug-likeness (QED) is 0.411. The predicted molar refractivity (Wildman–Crippen MR) is 123 cm³/mol. The molecule has 2 aromatic heterocycles. The van der Waals surface area contributed by atoms with Gasteiger partial charge in [0.2, 0.25) is 0 Å². The molecule has 30 heavy (non-hydrogen) atoms. The molecule has 1 aliphatic heterocycles. The zero-order valence-electron chi connectivity index (χ0n) is 17.1. The van der Waals surface area contributed by atoms with Crippen LogP contribution in [0.2, 0.25) is 0 Å². The zero-order chi connectivity index (χ0) is 20.3. The Hall–Kier alpha value is -3.05. The molecule has 0 saturated carbocycles. The van der Waals surface area contributed by atoms with Gasteiger partial charge in [0.1, 0.15) is 10.8 Å². The number of aromatic nitrogens is 4. The van der Waals surface area contributed by atoms with Crippen LogP contribution < -0.4 is 0 Å². The maximum atomic E-state index is 5.00. The van der Waals surface area contributed by atoms with Gasteiger partial charge in [-0.05, 0) is 31.4 Å². The van der Waals surface area contributed by atoms with Crippen LogP contribution in [-0.2, 0) is 13.0 Å². The molecule has 0 unspecified atom stereocenters. The Morgan fingerprint density at radius 3 is 2.77 bits per heavy atom. The van der Waals surface area contributed by atoms with Crippen LogP contribution in [0.25, 0.3) is 22.9 Å². The first kappa shape index (κ1) is 18.9. The summed E-state index contributed by atoms with van der Waals surface area (Å²) in [5.74, 6) is 2.03. The first-order valence-corrected chi connectivity index (χ1v) is 11.4. The van der Waals surface area contributed by atoms with Gasteiger partial charge in [0.15, 0.2) is 5.82 Å². The maximum absolute atomic E-state index is 5.00. The summed E-state index contributed by atoms with van der Waals surface area (Å²) in [7, 11) is 0. The number of rotatable bonds is 4. The lowest BCUT2D eigenvalue weighted by Crippen LogP contribution is -2.06. The van der Waals surface area contributed by atoms with Crippen LogP contribution in [0.15, 0.2) is 60.0 Å². The van der Waals surface area contributed by atoms with E-state index in [1.54, 1.807) is 11.3 Å². The topological polar surface area (TPSA) is 43.6 Å². The average Bonchev–Trinajstić information content (AvgIpc) is 3.35. The first-order chi connectivity index (χ1) is 14.8. The lowest BCUT2D eigenvalue weighted by Gasteiger charge is -2.09. The third-order valence-corrected chi connectivity index (χ3v) is 6.38. The second kappa shape index (κ2) is 8.36. The van der Waals surface area contributed by atoms with E-state index in [0.29, 0.717) is 0 Å². The van der Waals surface area contributed by atoms with Crippen LogP contribution in [0, 0.1) is 6.92 Å². The van der Waals surface area contributed by atoms with Gasteiger partial charge >= 0.3 is 0 Å². The van der Waals surface area contributed by atoms with E-state index in [-0.39, 0.29) is 0 Å². The standard InChI is InChI=1S/C25H24N4S/c1-18-9-8-10-19(15-18)16-21(24-28-27-23-13-6-3-7-14-29(23)24)25-26-22(17-30-25)20-11-4-2-5-12-20/h2,4-5,8-12,15-17H,3,6-7,13-14H2,1H3/b21-16+. The molecule has 5 rings (SSSR count). The predicted octanol–water partition coefficient (Wildman–Crippen LogP) is 6.03. The third kappa shape index (κ3) is 3.85. The summed E-state index contributed by atoms with van der Waals surface area (Å²) >= 11 is 1.67. The van der Waals surface area contributed by atoms with Crippen LogP contribution in [-0.4, -0.2) is 19.7 Å². The van der Waals surface area contributed by atoms with Crippen molar-refractivity contribution in [3.8, 4) is 11.3 Å². The van der Waals surface area contributed by atoms with Crippen molar-refractivity contribution >= 4 is 23.0 Å². The monoisotopic (exact) mass is 412 g/mol. The van der Waals surface area contributed by atoms with Crippen molar-refractivity contribution in [3.05, 3.63) is 87.8 Å². The molecule has 0 spiro atoms. The molecule has 0 atom stereocenters. The van der Waals surface area contributed by atoms with E-state index in [1.807, 2.05) is 6.07 Å². The Bertz CT molecular complexity index is 1190. The van der Waals surface area contributed by atoms with E-state index >= 15 is 0 Å². The summed E-state index contributed by atoms with van der Waals surface area (Å²) in [5.41, 5.74) is 5.59. The van der Waals surface area contributed by atoms with Gasteiger partial charge in [0.25, 0.3) is 0 Å². The smallest absolute Gasteiger partial charge is 0.167 e. The van der Waals surface area contributed by atoms with Gasteiger partial charge in [-0.1, -0.05) is 66.6 Å². The highest BCUT2D eigenvalue weighted by molar-refractivity contribution is 7.11. The van der Waals surface area contributed by atoms with Gasteiger partial charge in [-0.25, -0.2) is 4.98 Å². The lowest BCUT2D eigenvalue weighted by atomic mass is 10.1. The van der Waals surface area contributed by atoms with Crippen molar-refractivity contribution in [2.75, 3.05) is 0 Å². The van der Waals surface area contributed by atoms with Crippen molar-refractivity contribution in [2.45, 2.75) is 39.2 Å². The molecule has 5 heteroatoms. The number of nitrogens with zero attached hydrogens (tertiary/aromatic N) is 4. The second-order valence-corrected chi connectivity index (χ2v) is 8.64. The van der Waals surface area contributed by atoms with E-state index in [9.17, 15) is 0 Å². The highest BCUT2D eigenvalue weighted by Gasteiger charge is 2.21. The van der Waals surface area contributed by atoms with Crippen LogP contribution >= 0.6 is 11.3 Å². The van der Waals surface area contributed by atoms with Crippen molar-refractivity contribution in [2.24, 2.45) is 0 Å². The van der Waals surface area contributed by atoms with E-state index in [0.717, 1.165) is 52.0 Å². The molecule has 0 radical (unpaired) electrons. The van der Waals surface area contributed by atoms with E-state index in [4.69, 9.17) is 4.98 Å². The highest BCUT2D eigenvalue weighted by Crippen LogP contribution is 2.32. The Morgan fingerprint density at radius 1 is 1.00 bits per heavy atom. The Balaban J connectivity index is 1.63. The maximum Gasteiger partial charge on any atom is 0.167 e. The molecule has 0 N–H and O–H groups in total. The SMILES string of the molecule is Cc1cccc(/C=C(/c2nc(-c3ccccc3)cs2)c2nnc3n2CCCCC3)c1. The van der Waals surface area contributed by atoms with Crippen molar-refractivity contribution in [1.29, 1.82) is 0 Å². The molecule has 0 aliphatic carbocycles. The van der Waals surface area contributed by atoms with Crippen LogP contribution in [0.1, 0.15) is 47.0 Å². The summed E-state index contributed by atoms with van der Waals surface area (Å²) in [4.78, 5) is 5.00. The lowest BCUT2D eigenvalue weighted by molar-refractivity contribution is 0.627. The summed E-state index contributed by atoms with van der Waals surface area (Å²) in [6, 6.07) is 18.9. The molecule has 1 aliphatic rings. The summed E-state index contributed by atoms with van der Waals surface area (Å²) in [6.07, 6.45) is 6.81. The van der Waals surface area contributed by atoms with Gasteiger partial charge in [0.05, 0.1) is 11.3 Å². The first-order valence-electron chi connectivity index (χ1n) is 10.5. The minimum absolute atomic E-state index is 0.933. The number of hydrogen-bond donors (Lipinski definition) is 0. The molecule has 0 bridgehead atoms. The number of thiazole rings is 1. The van der Waals surface area contributed by atoms with Crippen molar-refractivity contribution < 1.29 is 0 Å². The van der Waals surface area contributed by atoms with Gasteiger partial charge < -0.3 is 4.57 Å². The van der Waals surface area contributed by atoms with Crippen molar-refractivity contribution in [1.82, 2.24) is 19.7 Å². The number of fused-ring (bicyclic) bond motifs is 1. The number of benzene rings is 2. The number of aryl methyl sites for hydroxylation is 2. The molecular weight excluding hydrogens is 388 g/mol. The highest BCUT2D eigenvalue weighted by atomic mass is 32.1. The number of hydrogen-bond acceptors (Lipinski definition) is 4. The van der Waals surface area contributed by atoms with E-state index in [2.05, 4.69) is 81.7 Å².